The highest BCUT2D eigenvalue weighted by Gasteiger charge is 2.34. The first-order chi connectivity index (χ1) is 16.1. The summed E-state index contributed by atoms with van der Waals surface area (Å²) >= 11 is 1.72. The molecule has 1 saturated carbocycles. The van der Waals surface area contributed by atoms with Crippen LogP contribution in [0.25, 0.3) is 0 Å². The molecule has 1 aromatic carbocycles. The van der Waals surface area contributed by atoms with Crippen molar-refractivity contribution in [3.63, 3.8) is 0 Å². The summed E-state index contributed by atoms with van der Waals surface area (Å²) in [6.45, 7) is 5.24. The highest BCUT2D eigenvalue weighted by Crippen LogP contribution is 2.34. The Kier molecular flexibility index (Phi) is 7.70. The van der Waals surface area contributed by atoms with E-state index in [9.17, 15) is 9.59 Å². The van der Waals surface area contributed by atoms with Gasteiger partial charge in [-0.15, -0.1) is 17.9 Å². The van der Waals surface area contributed by atoms with Crippen molar-refractivity contribution in [2.24, 2.45) is 5.92 Å². The Bertz CT molecular complexity index is 982. The van der Waals surface area contributed by atoms with Gasteiger partial charge in [0.25, 0.3) is 0 Å². The first kappa shape index (κ1) is 23.4. The minimum absolute atomic E-state index is 0.0368. The molecule has 1 aliphatic carbocycles. The summed E-state index contributed by atoms with van der Waals surface area (Å²) in [6, 6.07) is 9.38. The van der Waals surface area contributed by atoms with Crippen molar-refractivity contribution < 1.29 is 19.1 Å². The zero-order valence-electron chi connectivity index (χ0n) is 19.2. The van der Waals surface area contributed by atoms with Gasteiger partial charge in [-0.1, -0.05) is 25.0 Å². The molecular weight excluding hydrogens is 436 g/mol. The number of amides is 2. The zero-order valence-corrected chi connectivity index (χ0v) is 20.0. The molecule has 176 valence electrons. The van der Waals surface area contributed by atoms with Gasteiger partial charge in [-0.2, -0.15) is 0 Å². The monoisotopic (exact) mass is 468 g/mol. The maximum absolute atomic E-state index is 13.5. The Hall–Kier alpha value is -2.80. The Morgan fingerprint density at radius 2 is 2.03 bits per heavy atom. The van der Waals surface area contributed by atoms with Gasteiger partial charge in [0.1, 0.15) is 24.7 Å². The molecule has 0 radical (unpaired) electrons. The SMILES string of the molecule is C=CCN(CC(=O)N1CCc2sccc2C1COc1cccc(OC)c1)C(=O)C1CCCC1. The summed E-state index contributed by atoms with van der Waals surface area (Å²) in [4.78, 5) is 31.4. The summed E-state index contributed by atoms with van der Waals surface area (Å²) in [6.07, 6.45) is 6.54. The lowest BCUT2D eigenvalue weighted by Gasteiger charge is -2.37. The minimum atomic E-state index is -0.189. The molecule has 1 aromatic heterocycles. The summed E-state index contributed by atoms with van der Waals surface area (Å²) in [5.41, 5.74) is 1.14. The topological polar surface area (TPSA) is 59.1 Å². The maximum Gasteiger partial charge on any atom is 0.242 e. The molecule has 7 heteroatoms. The standard InChI is InChI=1S/C26H32N2O4S/c1-3-13-27(26(30)19-7-4-5-8-19)17-25(29)28-14-11-24-22(12-15-33-24)23(28)18-32-21-10-6-9-20(16-21)31-2/h3,6,9-10,12,15-16,19,23H,1,4-5,7-8,11,13-14,17-18H2,2H3. The summed E-state index contributed by atoms with van der Waals surface area (Å²) in [5, 5.41) is 2.07. The molecule has 2 heterocycles. The van der Waals surface area contributed by atoms with Gasteiger partial charge in [0.05, 0.1) is 13.2 Å². The highest BCUT2D eigenvalue weighted by molar-refractivity contribution is 7.10. The molecule has 2 aliphatic rings. The van der Waals surface area contributed by atoms with E-state index in [1.165, 1.54) is 4.88 Å². The third-order valence-electron chi connectivity index (χ3n) is 6.56. The second-order valence-electron chi connectivity index (χ2n) is 8.63. The fourth-order valence-corrected chi connectivity index (χ4v) is 5.74. The number of hydrogen-bond donors (Lipinski definition) is 0. The van der Waals surface area contributed by atoms with Crippen LogP contribution in [0.15, 0.2) is 48.4 Å². The van der Waals surface area contributed by atoms with Gasteiger partial charge in [-0.05, 0) is 48.4 Å². The summed E-state index contributed by atoms with van der Waals surface area (Å²) in [5.74, 6) is 1.51. The third-order valence-corrected chi connectivity index (χ3v) is 7.55. The van der Waals surface area contributed by atoms with Crippen molar-refractivity contribution in [3.05, 3.63) is 58.8 Å². The van der Waals surface area contributed by atoms with E-state index < -0.39 is 0 Å². The van der Waals surface area contributed by atoms with E-state index in [4.69, 9.17) is 9.47 Å². The van der Waals surface area contributed by atoms with Gasteiger partial charge in [-0.3, -0.25) is 9.59 Å². The Morgan fingerprint density at radius 3 is 2.79 bits per heavy atom. The Balaban J connectivity index is 1.49. The predicted octanol–water partition coefficient (Wildman–Crippen LogP) is 4.47. The lowest BCUT2D eigenvalue weighted by atomic mass is 10.00. The number of carbonyl (C=O) groups is 2. The number of carbonyl (C=O) groups excluding carboxylic acids is 2. The molecule has 2 amide bonds. The van der Waals surface area contributed by atoms with Gasteiger partial charge in [0.2, 0.25) is 11.8 Å². The van der Waals surface area contributed by atoms with Crippen LogP contribution in [-0.4, -0.2) is 55.0 Å². The first-order valence-corrected chi connectivity index (χ1v) is 12.5. The van der Waals surface area contributed by atoms with Crippen molar-refractivity contribution in [1.82, 2.24) is 9.80 Å². The lowest BCUT2D eigenvalue weighted by Crippen LogP contribution is -2.48. The molecule has 1 unspecified atom stereocenters. The van der Waals surface area contributed by atoms with Crippen LogP contribution in [0.5, 0.6) is 11.5 Å². The van der Waals surface area contributed by atoms with Crippen molar-refractivity contribution in [3.8, 4) is 11.5 Å². The number of thiophene rings is 1. The molecule has 0 N–H and O–H groups in total. The highest BCUT2D eigenvalue weighted by atomic mass is 32.1. The van der Waals surface area contributed by atoms with E-state index in [0.29, 0.717) is 25.4 Å². The van der Waals surface area contributed by atoms with E-state index in [1.807, 2.05) is 29.2 Å². The van der Waals surface area contributed by atoms with Crippen LogP contribution in [0, 0.1) is 5.92 Å². The molecule has 0 saturated heterocycles. The normalized spacial score (nSPS) is 18.0. The molecule has 1 aliphatic heterocycles. The van der Waals surface area contributed by atoms with Crippen molar-refractivity contribution in [2.45, 2.75) is 38.1 Å². The average molecular weight is 469 g/mol. The number of fused-ring (bicyclic) bond motifs is 1. The molecule has 1 fully saturated rings. The third kappa shape index (κ3) is 5.41. The fraction of sp³-hybridized carbons (Fsp3) is 0.462. The number of ether oxygens (including phenoxy) is 2. The van der Waals surface area contributed by atoms with Crippen LogP contribution in [-0.2, 0) is 16.0 Å². The second-order valence-corrected chi connectivity index (χ2v) is 9.63. The molecular formula is C26H32N2O4S. The maximum atomic E-state index is 13.5. The van der Waals surface area contributed by atoms with Crippen LogP contribution in [0.2, 0.25) is 0 Å². The van der Waals surface area contributed by atoms with Crippen LogP contribution in [0.4, 0.5) is 0 Å². The van der Waals surface area contributed by atoms with Gasteiger partial charge >= 0.3 is 0 Å². The zero-order chi connectivity index (χ0) is 23.2. The van der Waals surface area contributed by atoms with Gasteiger partial charge in [0.15, 0.2) is 0 Å². The molecule has 0 bridgehead atoms. The number of hydrogen-bond acceptors (Lipinski definition) is 5. The molecule has 1 atom stereocenters. The lowest BCUT2D eigenvalue weighted by molar-refractivity contribution is -0.144. The second kappa shape index (κ2) is 10.9. The van der Waals surface area contributed by atoms with Crippen molar-refractivity contribution >= 4 is 23.2 Å². The quantitative estimate of drug-likeness (QED) is 0.510. The van der Waals surface area contributed by atoms with Gasteiger partial charge in [0, 0.05) is 30.0 Å². The smallest absolute Gasteiger partial charge is 0.242 e. The molecule has 33 heavy (non-hydrogen) atoms. The summed E-state index contributed by atoms with van der Waals surface area (Å²) in [7, 11) is 1.63. The van der Waals surface area contributed by atoms with Gasteiger partial charge in [-0.25, -0.2) is 0 Å². The van der Waals surface area contributed by atoms with E-state index in [-0.39, 0.29) is 30.3 Å². The van der Waals surface area contributed by atoms with Crippen LogP contribution >= 0.6 is 11.3 Å². The number of benzene rings is 1. The first-order valence-electron chi connectivity index (χ1n) is 11.6. The van der Waals surface area contributed by atoms with Gasteiger partial charge < -0.3 is 19.3 Å². The van der Waals surface area contributed by atoms with Crippen molar-refractivity contribution in [2.75, 3.05) is 33.4 Å². The summed E-state index contributed by atoms with van der Waals surface area (Å²) < 4.78 is 11.4. The largest absolute Gasteiger partial charge is 0.497 e. The number of nitrogens with zero attached hydrogens (tertiary/aromatic N) is 2. The minimum Gasteiger partial charge on any atom is -0.497 e. The van der Waals surface area contributed by atoms with E-state index >= 15 is 0 Å². The fourth-order valence-electron chi connectivity index (χ4n) is 4.81. The average Bonchev–Trinajstić information content (AvgIpc) is 3.54. The Morgan fingerprint density at radius 1 is 1.24 bits per heavy atom. The van der Waals surface area contributed by atoms with Crippen LogP contribution < -0.4 is 9.47 Å². The molecule has 0 spiro atoms. The Labute approximate surface area is 199 Å². The number of methoxy groups -OCH3 is 1. The molecule has 6 nitrogen and oxygen atoms in total. The van der Waals surface area contributed by atoms with Crippen LogP contribution in [0.1, 0.15) is 42.2 Å². The van der Waals surface area contributed by atoms with E-state index in [1.54, 1.807) is 29.4 Å². The number of rotatable bonds is 9. The van der Waals surface area contributed by atoms with Crippen molar-refractivity contribution in [1.29, 1.82) is 0 Å². The van der Waals surface area contributed by atoms with E-state index in [2.05, 4.69) is 18.0 Å². The van der Waals surface area contributed by atoms with E-state index in [0.717, 1.165) is 43.4 Å². The van der Waals surface area contributed by atoms with Crippen LogP contribution in [0.3, 0.4) is 0 Å². The predicted molar refractivity (Wildman–Crippen MR) is 130 cm³/mol. The molecule has 2 aromatic rings. The molecule has 4 rings (SSSR count).